The standard InChI is InChI=1S/C10H8BrN5O/c11-8-6-16-3-2-12-10(16)9(14-8)13-5-7-1-4-17-15-7/h1-4,6H,5H2,(H,13,14). The van der Waals surface area contributed by atoms with E-state index in [2.05, 4.69) is 36.4 Å². The second-order valence-corrected chi connectivity index (χ2v) is 4.23. The minimum atomic E-state index is 0.544. The SMILES string of the molecule is Brc1cn2ccnc2c(NCc2ccon2)n1. The molecular formula is C10H8BrN5O. The number of hydrogen-bond donors (Lipinski definition) is 1. The van der Waals surface area contributed by atoms with Crippen molar-refractivity contribution in [2.24, 2.45) is 0 Å². The molecule has 7 heteroatoms. The van der Waals surface area contributed by atoms with Gasteiger partial charge in [0, 0.05) is 24.7 Å². The van der Waals surface area contributed by atoms with Crippen LogP contribution in [0.5, 0.6) is 0 Å². The quantitative estimate of drug-likeness (QED) is 0.801. The summed E-state index contributed by atoms with van der Waals surface area (Å²) in [5.74, 6) is 0.701. The van der Waals surface area contributed by atoms with Crippen LogP contribution in [0.4, 0.5) is 5.82 Å². The number of fused-ring (bicyclic) bond motifs is 1. The van der Waals surface area contributed by atoms with Crippen molar-refractivity contribution in [3.8, 4) is 0 Å². The molecule has 3 aromatic rings. The van der Waals surface area contributed by atoms with Gasteiger partial charge < -0.3 is 14.2 Å². The number of imidazole rings is 1. The normalized spacial score (nSPS) is 10.9. The molecule has 0 bridgehead atoms. The zero-order valence-electron chi connectivity index (χ0n) is 8.67. The fourth-order valence-electron chi connectivity index (χ4n) is 1.52. The van der Waals surface area contributed by atoms with E-state index in [1.165, 1.54) is 6.26 Å². The first-order chi connectivity index (χ1) is 8.33. The molecule has 0 aliphatic rings. The van der Waals surface area contributed by atoms with Gasteiger partial charge in [-0.3, -0.25) is 0 Å². The number of hydrogen-bond acceptors (Lipinski definition) is 5. The third-order valence-corrected chi connectivity index (χ3v) is 2.65. The average molecular weight is 294 g/mol. The summed E-state index contributed by atoms with van der Waals surface area (Å²) in [4.78, 5) is 8.57. The second kappa shape index (κ2) is 4.17. The summed E-state index contributed by atoms with van der Waals surface area (Å²) in [5.41, 5.74) is 1.59. The van der Waals surface area contributed by atoms with Crippen molar-refractivity contribution in [2.45, 2.75) is 6.54 Å². The van der Waals surface area contributed by atoms with Gasteiger partial charge in [0.15, 0.2) is 11.5 Å². The molecule has 0 amide bonds. The zero-order valence-corrected chi connectivity index (χ0v) is 10.3. The van der Waals surface area contributed by atoms with E-state index in [4.69, 9.17) is 4.52 Å². The highest BCUT2D eigenvalue weighted by Crippen LogP contribution is 2.17. The number of nitrogens with zero attached hydrogens (tertiary/aromatic N) is 4. The number of aromatic nitrogens is 4. The van der Waals surface area contributed by atoms with Gasteiger partial charge in [0.2, 0.25) is 0 Å². The number of anilines is 1. The molecule has 0 fully saturated rings. The summed E-state index contributed by atoms with van der Waals surface area (Å²) in [6, 6.07) is 1.80. The third kappa shape index (κ3) is 2.01. The van der Waals surface area contributed by atoms with Crippen LogP contribution in [0.25, 0.3) is 5.65 Å². The first-order valence-corrected chi connectivity index (χ1v) is 5.74. The molecule has 17 heavy (non-hydrogen) atoms. The third-order valence-electron chi connectivity index (χ3n) is 2.27. The van der Waals surface area contributed by atoms with Crippen molar-refractivity contribution in [1.29, 1.82) is 0 Å². The molecule has 0 aliphatic carbocycles. The molecule has 0 atom stereocenters. The van der Waals surface area contributed by atoms with Crippen molar-refractivity contribution >= 4 is 27.4 Å². The van der Waals surface area contributed by atoms with E-state index >= 15 is 0 Å². The fourth-order valence-corrected chi connectivity index (χ4v) is 1.92. The maximum atomic E-state index is 4.76. The topological polar surface area (TPSA) is 68.2 Å². The fraction of sp³-hybridized carbons (Fsp3) is 0.100. The summed E-state index contributed by atoms with van der Waals surface area (Å²) in [6.45, 7) is 0.544. The van der Waals surface area contributed by atoms with E-state index in [0.29, 0.717) is 12.4 Å². The van der Waals surface area contributed by atoms with E-state index in [0.717, 1.165) is 15.9 Å². The monoisotopic (exact) mass is 293 g/mol. The highest BCUT2D eigenvalue weighted by Gasteiger charge is 2.06. The van der Waals surface area contributed by atoms with Gasteiger partial charge in [-0.15, -0.1) is 0 Å². The van der Waals surface area contributed by atoms with Crippen LogP contribution in [0.15, 0.2) is 40.0 Å². The van der Waals surface area contributed by atoms with Gasteiger partial charge in [-0.05, 0) is 15.9 Å². The molecule has 3 heterocycles. The second-order valence-electron chi connectivity index (χ2n) is 3.41. The number of rotatable bonds is 3. The Hall–Kier alpha value is -1.89. The molecule has 0 saturated heterocycles. The van der Waals surface area contributed by atoms with Crippen molar-refractivity contribution in [2.75, 3.05) is 5.32 Å². The van der Waals surface area contributed by atoms with Gasteiger partial charge in [0.25, 0.3) is 0 Å². The average Bonchev–Trinajstić information content (AvgIpc) is 2.95. The molecule has 6 nitrogen and oxygen atoms in total. The highest BCUT2D eigenvalue weighted by molar-refractivity contribution is 9.10. The summed E-state index contributed by atoms with van der Waals surface area (Å²) in [6.07, 6.45) is 6.98. The molecule has 0 saturated carbocycles. The predicted molar refractivity (Wildman–Crippen MR) is 64.5 cm³/mol. The molecule has 0 aromatic carbocycles. The van der Waals surface area contributed by atoms with Crippen LogP contribution in [0.1, 0.15) is 5.69 Å². The summed E-state index contributed by atoms with van der Waals surface area (Å²) >= 11 is 3.35. The molecule has 0 spiro atoms. The maximum Gasteiger partial charge on any atom is 0.180 e. The Morgan fingerprint density at radius 3 is 3.24 bits per heavy atom. The molecular weight excluding hydrogens is 286 g/mol. The summed E-state index contributed by atoms with van der Waals surface area (Å²) < 4.78 is 7.39. The van der Waals surface area contributed by atoms with Gasteiger partial charge in [-0.1, -0.05) is 5.16 Å². The van der Waals surface area contributed by atoms with Crippen LogP contribution in [0.3, 0.4) is 0 Å². The van der Waals surface area contributed by atoms with Crippen LogP contribution in [0, 0.1) is 0 Å². The molecule has 0 radical (unpaired) electrons. The van der Waals surface area contributed by atoms with Gasteiger partial charge in [-0.25, -0.2) is 9.97 Å². The van der Waals surface area contributed by atoms with Crippen LogP contribution in [-0.4, -0.2) is 19.5 Å². The Morgan fingerprint density at radius 1 is 1.47 bits per heavy atom. The summed E-state index contributed by atoms with van der Waals surface area (Å²) in [7, 11) is 0. The van der Waals surface area contributed by atoms with E-state index in [-0.39, 0.29) is 0 Å². The Bertz CT molecular complexity index is 633. The van der Waals surface area contributed by atoms with Crippen LogP contribution in [0.2, 0.25) is 0 Å². The molecule has 0 unspecified atom stereocenters. The molecule has 1 N–H and O–H groups in total. The molecule has 3 rings (SSSR count). The van der Waals surface area contributed by atoms with Crippen LogP contribution >= 0.6 is 15.9 Å². The first kappa shape index (κ1) is 10.3. The van der Waals surface area contributed by atoms with E-state index in [9.17, 15) is 0 Å². The molecule has 86 valence electrons. The van der Waals surface area contributed by atoms with Crippen LogP contribution < -0.4 is 5.32 Å². The molecule has 3 aromatic heterocycles. The van der Waals surface area contributed by atoms with E-state index in [1.54, 1.807) is 12.3 Å². The van der Waals surface area contributed by atoms with Crippen molar-refractivity contribution in [3.63, 3.8) is 0 Å². The minimum absolute atomic E-state index is 0.544. The smallest absolute Gasteiger partial charge is 0.180 e. The van der Waals surface area contributed by atoms with Gasteiger partial charge >= 0.3 is 0 Å². The van der Waals surface area contributed by atoms with Gasteiger partial charge in [-0.2, -0.15) is 0 Å². The Balaban J connectivity index is 1.91. The van der Waals surface area contributed by atoms with Crippen molar-refractivity contribution < 1.29 is 4.52 Å². The van der Waals surface area contributed by atoms with E-state index < -0.39 is 0 Å². The van der Waals surface area contributed by atoms with Gasteiger partial charge in [0.05, 0.1) is 6.54 Å². The highest BCUT2D eigenvalue weighted by atomic mass is 79.9. The predicted octanol–water partition coefficient (Wildman–Crippen LogP) is 2.09. The van der Waals surface area contributed by atoms with Crippen LogP contribution in [-0.2, 0) is 6.54 Å². The Labute approximate surface area is 105 Å². The van der Waals surface area contributed by atoms with E-state index in [1.807, 2.05) is 16.8 Å². The maximum absolute atomic E-state index is 4.76. The Kier molecular flexibility index (Phi) is 2.52. The summed E-state index contributed by atoms with van der Waals surface area (Å²) in [5, 5.41) is 6.99. The lowest BCUT2D eigenvalue weighted by Gasteiger charge is -2.05. The minimum Gasteiger partial charge on any atom is -0.364 e. The molecule has 0 aliphatic heterocycles. The lowest BCUT2D eigenvalue weighted by atomic mass is 10.4. The lowest BCUT2D eigenvalue weighted by molar-refractivity contribution is 0.412. The van der Waals surface area contributed by atoms with Crippen molar-refractivity contribution in [1.82, 2.24) is 19.5 Å². The first-order valence-electron chi connectivity index (χ1n) is 4.95. The Morgan fingerprint density at radius 2 is 2.41 bits per heavy atom. The zero-order chi connectivity index (χ0) is 11.7. The lowest BCUT2D eigenvalue weighted by Crippen LogP contribution is -2.04. The largest absolute Gasteiger partial charge is 0.364 e. The number of halogens is 1. The van der Waals surface area contributed by atoms with Gasteiger partial charge in [0.1, 0.15) is 16.6 Å². The van der Waals surface area contributed by atoms with Crippen molar-refractivity contribution in [3.05, 3.63) is 41.2 Å². The number of nitrogens with one attached hydrogen (secondary N) is 1.